The van der Waals surface area contributed by atoms with E-state index in [0.29, 0.717) is 10.4 Å². The normalized spacial score (nSPS) is 10.4. The van der Waals surface area contributed by atoms with Crippen molar-refractivity contribution in [1.82, 2.24) is 0 Å². The van der Waals surface area contributed by atoms with Crippen LogP contribution >= 0.6 is 39.3 Å². The first-order valence-electron chi connectivity index (χ1n) is 3.81. The minimum absolute atomic E-state index is 0.217. The van der Waals surface area contributed by atoms with Gasteiger partial charge in [0.2, 0.25) is 0 Å². The molecule has 0 fully saturated rings. The maximum atomic E-state index is 12.8. The molecule has 13 heavy (non-hydrogen) atoms. The Hall–Kier alpha value is 0.270. The predicted molar refractivity (Wildman–Crippen MR) is 61.0 cm³/mol. The summed E-state index contributed by atoms with van der Waals surface area (Å²) in [5.74, 6) is 2.25. The Balaban J connectivity index is 2.53. The summed E-state index contributed by atoms with van der Waals surface area (Å²) in [7, 11) is 0. The molecular weight excluding hydrogens is 275 g/mol. The first-order chi connectivity index (χ1) is 6.24. The molecule has 0 aliphatic carbocycles. The molecule has 1 rings (SSSR count). The molecule has 0 atom stereocenters. The summed E-state index contributed by atoms with van der Waals surface area (Å²) in [5.41, 5.74) is 1.11. The lowest BCUT2D eigenvalue weighted by molar-refractivity contribution is 0.620. The van der Waals surface area contributed by atoms with Crippen LogP contribution < -0.4 is 0 Å². The Bertz CT molecular complexity index is 280. The van der Waals surface area contributed by atoms with Crippen LogP contribution in [0.15, 0.2) is 22.7 Å². The second-order valence-electron chi connectivity index (χ2n) is 2.49. The molecule has 0 heterocycles. The number of rotatable bonds is 4. The van der Waals surface area contributed by atoms with E-state index in [1.807, 2.05) is 0 Å². The summed E-state index contributed by atoms with van der Waals surface area (Å²) in [6, 6.07) is 5.07. The van der Waals surface area contributed by atoms with Crippen LogP contribution in [-0.4, -0.2) is 11.6 Å². The molecule has 1 aromatic rings. The maximum Gasteiger partial charge on any atom is 0.137 e. The van der Waals surface area contributed by atoms with Crippen LogP contribution in [-0.2, 0) is 5.75 Å². The van der Waals surface area contributed by atoms with Gasteiger partial charge in [0.15, 0.2) is 0 Å². The van der Waals surface area contributed by atoms with Crippen molar-refractivity contribution in [2.24, 2.45) is 0 Å². The standard InChI is InChI=1S/C9H9BrClFS/c10-8-5-7(1-2-9(8)12)6-13-4-3-11/h1-2,5H,3-4,6H2. The molecule has 0 N–H and O–H groups in total. The van der Waals surface area contributed by atoms with E-state index in [9.17, 15) is 4.39 Å². The molecule has 0 saturated heterocycles. The van der Waals surface area contributed by atoms with Crippen molar-refractivity contribution in [3.63, 3.8) is 0 Å². The molecular formula is C9H9BrClFS. The zero-order chi connectivity index (χ0) is 9.68. The van der Waals surface area contributed by atoms with Crippen LogP contribution in [0, 0.1) is 5.82 Å². The Labute approximate surface area is 95.0 Å². The second-order valence-corrected chi connectivity index (χ2v) is 4.83. The molecule has 0 unspecified atom stereocenters. The van der Waals surface area contributed by atoms with E-state index in [1.54, 1.807) is 23.9 Å². The van der Waals surface area contributed by atoms with E-state index >= 15 is 0 Å². The SMILES string of the molecule is Fc1ccc(CSCCCl)cc1Br. The Morgan fingerprint density at radius 3 is 2.85 bits per heavy atom. The molecule has 0 aliphatic heterocycles. The number of hydrogen-bond donors (Lipinski definition) is 0. The molecule has 0 aromatic heterocycles. The van der Waals surface area contributed by atoms with Gasteiger partial charge in [-0.25, -0.2) is 4.39 Å². The second kappa shape index (κ2) is 5.89. The third-order valence-corrected chi connectivity index (χ3v) is 3.53. The summed E-state index contributed by atoms with van der Waals surface area (Å²) < 4.78 is 13.3. The first-order valence-corrected chi connectivity index (χ1v) is 6.30. The van der Waals surface area contributed by atoms with E-state index in [0.717, 1.165) is 17.1 Å². The van der Waals surface area contributed by atoms with Crippen molar-refractivity contribution in [2.75, 3.05) is 11.6 Å². The van der Waals surface area contributed by atoms with Crippen molar-refractivity contribution in [3.8, 4) is 0 Å². The van der Waals surface area contributed by atoms with E-state index in [1.165, 1.54) is 6.07 Å². The molecule has 72 valence electrons. The predicted octanol–water partition coefficient (Wildman–Crippen LogP) is 4.06. The van der Waals surface area contributed by atoms with Crippen LogP contribution in [0.1, 0.15) is 5.56 Å². The Morgan fingerprint density at radius 2 is 2.23 bits per heavy atom. The van der Waals surface area contributed by atoms with Gasteiger partial charge in [-0.2, -0.15) is 11.8 Å². The molecule has 4 heteroatoms. The Kier molecular flexibility index (Phi) is 5.14. The highest BCUT2D eigenvalue weighted by Crippen LogP contribution is 2.20. The smallest absolute Gasteiger partial charge is 0.137 e. The topological polar surface area (TPSA) is 0 Å². The highest BCUT2D eigenvalue weighted by Gasteiger charge is 1.99. The van der Waals surface area contributed by atoms with Crippen molar-refractivity contribution in [3.05, 3.63) is 34.1 Å². The van der Waals surface area contributed by atoms with Crippen molar-refractivity contribution in [2.45, 2.75) is 5.75 Å². The van der Waals surface area contributed by atoms with Crippen LogP contribution in [0.2, 0.25) is 0 Å². The summed E-state index contributed by atoms with van der Waals surface area (Å²) in [6.07, 6.45) is 0. The van der Waals surface area contributed by atoms with Crippen molar-refractivity contribution in [1.29, 1.82) is 0 Å². The van der Waals surface area contributed by atoms with Gasteiger partial charge in [0.25, 0.3) is 0 Å². The van der Waals surface area contributed by atoms with Gasteiger partial charge in [-0.1, -0.05) is 6.07 Å². The average Bonchev–Trinajstić information content (AvgIpc) is 2.12. The van der Waals surface area contributed by atoms with Gasteiger partial charge >= 0.3 is 0 Å². The fourth-order valence-electron chi connectivity index (χ4n) is 0.874. The number of benzene rings is 1. The minimum atomic E-state index is -0.217. The summed E-state index contributed by atoms with van der Waals surface area (Å²) >= 11 is 10.4. The lowest BCUT2D eigenvalue weighted by Gasteiger charge is -2.01. The van der Waals surface area contributed by atoms with Crippen molar-refractivity contribution < 1.29 is 4.39 Å². The molecule has 1 aromatic carbocycles. The largest absolute Gasteiger partial charge is 0.206 e. The van der Waals surface area contributed by atoms with Gasteiger partial charge in [0, 0.05) is 17.4 Å². The van der Waals surface area contributed by atoms with E-state index in [4.69, 9.17) is 11.6 Å². The average molecular weight is 284 g/mol. The van der Waals surface area contributed by atoms with Gasteiger partial charge in [0.05, 0.1) is 4.47 Å². The monoisotopic (exact) mass is 282 g/mol. The number of halogens is 3. The number of hydrogen-bond acceptors (Lipinski definition) is 1. The molecule has 0 nitrogen and oxygen atoms in total. The lowest BCUT2D eigenvalue weighted by atomic mass is 10.2. The zero-order valence-electron chi connectivity index (χ0n) is 6.90. The van der Waals surface area contributed by atoms with Crippen LogP contribution in [0.3, 0.4) is 0 Å². The molecule has 0 radical (unpaired) electrons. The number of thioether (sulfide) groups is 1. The third-order valence-electron chi connectivity index (χ3n) is 1.47. The molecule has 0 spiro atoms. The minimum Gasteiger partial charge on any atom is -0.206 e. The highest BCUT2D eigenvalue weighted by atomic mass is 79.9. The van der Waals surface area contributed by atoms with E-state index in [-0.39, 0.29) is 5.82 Å². The summed E-state index contributed by atoms with van der Waals surface area (Å²) in [4.78, 5) is 0. The van der Waals surface area contributed by atoms with Crippen LogP contribution in [0.25, 0.3) is 0 Å². The fraction of sp³-hybridized carbons (Fsp3) is 0.333. The third kappa shape index (κ3) is 3.88. The van der Waals surface area contributed by atoms with E-state index in [2.05, 4.69) is 15.9 Å². The Morgan fingerprint density at radius 1 is 1.46 bits per heavy atom. The van der Waals surface area contributed by atoms with Gasteiger partial charge < -0.3 is 0 Å². The van der Waals surface area contributed by atoms with Gasteiger partial charge in [0.1, 0.15) is 5.82 Å². The summed E-state index contributed by atoms with van der Waals surface area (Å²) in [6.45, 7) is 0. The van der Waals surface area contributed by atoms with Crippen LogP contribution in [0.4, 0.5) is 4.39 Å². The van der Waals surface area contributed by atoms with Gasteiger partial charge in [-0.05, 0) is 33.6 Å². The van der Waals surface area contributed by atoms with Crippen molar-refractivity contribution >= 4 is 39.3 Å². The first kappa shape index (κ1) is 11.3. The fourth-order valence-corrected chi connectivity index (χ4v) is 2.30. The number of alkyl halides is 1. The maximum absolute atomic E-state index is 12.8. The van der Waals surface area contributed by atoms with Gasteiger partial charge in [-0.3, -0.25) is 0 Å². The molecule has 0 amide bonds. The zero-order valence-corrected chi connectivity index (χ0v) is 10.1. The van der Waals surface area contributed by atoms with Crippen LogP contribution in [0.5, 0.6) is 0 Å². The molecule has 0 bridgehead atoms. The molecule has 0 aliphatic rings. The summed E-state index contributed by atoms with van der Waals surface area (Å²) in [5, 5.41) is 0. The van der Waals surface area contributed by atoms with E-state index < -0.39 is 0 Å². The lowest BCUT2D eigenvalue weighted by Crippen LogP contribution is -1.86. The quantitative estimate of drug-likeness (QED) is 0.593. The van der Waals surface area contributed by atoms with Gasteiger partial charge in [-0.15, -0.1) is 11.6 Å². The molecule has 0 saturated carbocycles. The highest BCUT2D eigenvalue weighted by molar-refractivity contribution is 9.10.